The van der Waals surface area contributed by atoms with Crippen LogP contribution in [-0.4, -0.2) is 13.0 Å². The van der Waals surface area contributed by atoms with Crippen LogP contribution in [0.1, 0.15) is 15.9 Å². The van der Waals surface area contributed by atoms with Crippen LogP contribution in [0.25, 0.3) is 0 Å². The number of hydrogen-bond acceptors (Lipinski definition) is 2. The van der Waals surface area contributed by atoms with E-state index in [2.05, 4.69) is 37.9 Å². The third kappa shape index (κ3) is 2.92. The van der Waals surface area contributed by atoms with Gasteiger partial charge in [-0.25, -0.2) is 0 Å². The summed E-state index contributed by atoms with van der Waals surface area (Å²) in [6.07, 6.45) is 0. The highest BCUT2D eigenvalue weighted by atomic mass is 79.9. The molecule has 0 N–H and O–H groups in total. The average Bonchev–Trinajstić information content (AvgIpc) is 2.45. The molecule has 0 atom stereocenters. The third-order valence-corrected chi connectivity index (χ3v) is 4.00. The van der Waals surface area contributed by atoms with Crippen molar-refractivity contribution in [1.82, 2.24) is 0 Å². The fourth-order valence-corrected chi connectivity index (χ4v) is 3.03. The van der Waals surface area contributed by atoms with E-state index in [0.717, 1.165) is 4.47 Å². The van der Waals surface area contributed by atoms with Crippen LogP contribution in [0.2, 0.25) is 0 Å². The topological polar surface area (TPSA) is 44.1 Å². The summed E-state index contributed by atoms with van der Waals surface area (Å²) in [6.45, 7) is 0. The fourth-order valence-electron chi connectivity index (χ4n) is 1.81. The van der Waals surface area contributed by atoms with Gasteiger partial charge in [-0.15, -0.1) is 0 Å². The van der Waals surface area contributed by atoms with E-state index in [1.165, 1.54) is 4.90 Å². The van der Waals surface area contributed by atoms with E-state index >= 15 is 0 Å². The lowest BCUT2D eigenvalue weighted by Crippen LogP contribution is -2.27. The molecule has 0 aliphatic carbocycles. The Morgan fingerprint density at radius 3 is 2.55 bits per heavy atom. The Kier molecular flexibility index (Phi) is 4.58. The Bertz CT molecular complexity index is 707. The summed E-state index contributed by atoms with van der Waals surface area (Å²) >= 11 is 6.73. The molecular formula is C15H10Br2N2O. The minimum Gasteiger partial charge on any atom is -0.310 e. The molecule has 2 rings (SSSR count). The molecule has 0 saturated carbocycles. The van der Waals surface area contributed by atoms with Crippen LogP contribution < -0.4 is 4.90 Å². The maximum atomic E-state index is 12.5. The summed E-state index contributed by atoms with van der Waals surface area (Å²) in [5.41, 5.74) is 1.61. The number of rotatable bonds is 2. The SMILES string of the molecule is CN(C(=O)c1ccc(Br)cc1Br)c1ccccc1C#N. The van der Waals surface area contributed by atoms with Crippen molar-refractivity contribution in [2.45, 2.75) is 0 Å². The Labute approximate surface area is 134 Å². The average molecular weight is 394 g/mol. The number of anilines is 1. The Balaban J connectivity index is 2.41. The predicted molar refractivity (Wildman–Crippen MR) is 85.7 cm³/mol. The van der Waals surface area contributed by atoms with Crippen molar-refractivity contribution < 1.29 is 4.79 Å². The number of carbonyl (C=O) groups excluding carboxylic acids is 1. The molecule has 0 fully saturated rings. The molecule has 0 aliphatic rings. The first-order valence-corrected chi connectivity index (χ1v) is 7.35. The van der Waals surface area contributed by atoms with Gasteiger partial charge in [-0.1, -0.05) is 28.1 Å². The summed E-state index contributed by atoms with van der Waals surface area (Å²) in [5.74, 6) is -0.174. The number of nitrogens with zero attached hydrogens (tertiary/aromatic N) is 2. The number of benzene rings is 2. The second-order valence-electron chi connectivity index (χ2n) is 4.12. The number of nitriles is 1. The van der Waals surface area contributed by atoms with E-state index < -0.39 is 0 Å². The molecule has 1 amide bonds. The molecule has 3 nitrogen and oxygen atoms in total. The maximum Gasteiger partial charge on any atom is 0.259 e. The molecule has 5 heteroatoms. The van der Waals surface area contributed by atoms with Gasteiger partial charge in [0.05, 0.1) is 16.8 Å². The highest BCUT2D eigenvalue weighted by Gasteiger charge is 2.18. The van der Waals surface area contributed by atoms with Gasteiger partial charge in [0.15, 0.2) is 0 Å². The monoisotopic (exact) mass is 392 g/mol. The molecule has 0 bridgehead atoms. The Morgan fingerprint density at radius 1 is 1.20 bits per heavy atom. The van der Waals surface area contributed by atoms with E-state index in [1.807, 2.05) is 12.1 Å². The number of para-hydroxylation sites is 1. The standard InChI is InChI=1S/C15H10Br2N2O/c1-19(14-5-3-2-4-10(14)9-18)15(20)12-7-6-11(16)8-13(12)17/h2-8H,1H3. The predicted octanol–water partition coefficient (Wildman–Crippen LogP) is 4.36. The second kappa shape index (κ2) is 6.21. The Hall–Kier alpha value is -1.64. The molecule has 0 aromatic heterocycles. The van der Waals surface area contributed by atoms with Gasteiger partial charge in [0.25, 0.3) is 5.91 Å². The van der Waals surface area contributed by atoms with Crippen LogP contribution in [0.3, 0.4) is 0 Å². The zero-order valence-corrected chi connectivity index (χ0v) is 13.8. The van der Waals surface area contributed by atoms with Crippen LogP contribution >= 0.6 is 31.9 Å². The maximum absolute atomic E-state index is 12.5. The molecule has 100 valence electrons. The zero-order valence-electron chi connectivity index (χ0n) is 10.6. The molecule has 0 radical (unpaired) electrons. The van der Waals surface area contributed by atoms with Gasteiger partial charge in [-0.3, -0.25) is 4.79 Å². The van der Waals surface area contributed by atoms with Crippen LogP contribution in [0.15, 0.2) is 51.4 Å². The van der Waals surface area contributed by atoms with Gasteiger partial charge >= 0.3 is 0 Å². The smallest absolute Gasteiger partial charge is 0.259 e. The van der Waals surface area contributed by atoms with Crippen molar-refractivity contribution in [1.29, 1.82) is 5.26 Å². The van der Waals surface area contributed by atoms with Gasteiger partial charge in [-0.2, -0.15) is 5.26 Å². The Morgan fingerprint density at radius 2 is 1.90 bits per heavy atom. The van der Waals surface area contributed by atoms with Crippen LogP contribution in [-0.2, 0) is 0 Å². The summed E-state index contributed by atoms with van der Waals surface area (Å²) in [7, 11) is 1.66. The molecule has 0 aliphatic heterocycles. The molecule has 2 aromatic carbocycles. The number of hydrogen-bond donors (Lipinski definition) is 0. The van der Waals surface area contributed by atoms with Crippen LogP contribution in [0.4, 0.5) is 5.69 Å². The quantitative estimate of drug-likeness (QED) is 0.760. The molecule has 2 aromatic rings. The number of carbonyl (C=O) groups is 1. The largest absolute Gasteiger partial charge is 0.310 e. The van der Waals surface area contributed by atoms with Crippen molar-refractivity contribution in [2.75, 3.05) is 11.9 Å². The van der Waals surface area contributed by atoms with E-state index in [1.54, 1.807) is 37.4 Å². The van der Waals surface area contributed by atoms with Gasteiger partial charge in [0, 0.05) is 16.0 Å². The van der Waals surface area contributed by atoms with E-state index in [9.17, 15) is 4.79 Å². The zero-order chi connectivity index (χ0) is 14.7. The normalized spacial score (nSPS) is 9.90. The van der Waals surface area contributed by atoms with Gasteiger partial charge in [-0.05, 0) is 46.3 Å². The van der Waals surface area contributed by atoms with Crippen LogP contribution in [0.5, 0.6) is 0 Å². The summed E-state index contributed by atoms with van der Waals surface area (Å²) < 4.78 is 1.60. The van der Waals surface area contributed by atoms with Crippen molar-refractivity contribution in [3.63, 3.8) is 0 Å². The first kappa shape index (κ1) is 14.8. The van der Waals surface area contributed by atoms with Gasteiger partial charge in [0.1, 0.15) is 6.07 Å². The second-order valence-corrected chi connectivity index (χ2v) is 5.89. The van der Waals surface area contributed by atoms with Crippen molar-refractivity contribution in [3.8, 4) is 6.07 Å². The van der Waals surface area contributed by atoms with Gasteiger partial charge in [0.2, 0.25) is 0 Å². The van der Waals surface area contributed by atoms with Crippen molar-refractivity contribution in [3.05, 3.63) is 62.5 Å². The molecule has 0 saturated heterocycles. The van der Waals surface area contributed by atoms with Crippen molar-refractivity contribution >= 4 is 43.5 Å². The molecular weight excluding hydrogens is 384 g/mol. The van der Waals surface area contributed by atoms with E-state index in [4.69, 9.17) is 5.26 Å². The first-order valence-electron chi connectivity index (χ1n) is 5.77. The number of amides is 1. The van der Waals surface area contributed by atoms with Crippen LogP contribution in [0, 0.1) is 11.3 Å². The highest BCUT2D eigenvalue weighted by Crippen LogP contribution is 2.26. The summed E-state index contributed by atoms with van der Waals surface area (Å²) in [6, 6.07) is 14.5. The fraction of sp³-hybridized carbons (Fsp3) is 0.0667. The van der Waals surface area contributed by atoms with E-state index in [0.29, 0.717) is 21.3 Å². The number of halogens is 2. The molecule has 0 unspecified atom stereocenters. The third-order valence-electron chi connectivity index (χ3n) is 2.85. The minimum absolute atomic E-state index is 0.174. The molecule has 0 heterocycles. The molecule has 0 spiro atoms. The highest BCUT2D eigenvalue weighted by molar-refractivity contribution is 9.11. The molecule has 20 heavy (non-hydrogen) atoms. The lowest BCUT2D eigenvalue weighted by molar-refractivity contribution is 0.0992. The summed E-state index contributed by atoms with van der Waals surface area (Å²) in [5, 5.41) is 9.11. The summed E-state index contributed by atoms with van der Waals surface area (Å²) in [4.78, 5) is 14.0. The minimum atomic E-state index is -0.174. The lowest BCUT2D eigenvalue weighted by atomic mass is 10.1. The van der Waals surface area contributed by atoms with Crippen molar-refractivity contribution in [2.24, 2.45) is 0 Å². The lowest BCUT2D eigenvalue weighted by Gasteiger charge is -2.19. The van der Waals surface area contributed by atoms with Gasteiger partial charge < -0.3 is 4.90 Å². The first-order chi connectivity index (χ1) is 9.54. The van der Waals surface area contributed by atoms with E-state index in [-0.39, 0.29) is 5.91 Å².